The van der Waals surface area contributed by atoms with Crippen molar-refractivity contribution in [3.63, 3.8) is 0 Å². The van der Waals surface area contributed by atoms with Gasteiger partial charge in [-0.1, -0.05) is 33.6 Å². The fraction of sp³-hybridized carbons (Fsp3) is 0.188. The molecule has 0 aromatic heterocycles. The second-order valence-corrected chi connectivity index (χ2v) is 8.45. The summed E-state index contributed by atoms with van der Waals surface area (Å²) in [5.74, 6) is -0.185. The minimum Gasteiger partial charge on any atom is -0.311 e. The molecule has 0 fully saturated rings. The Balaban J connectivity index is 2.10. The zero-order chi connectivity index (χ0) is 17.5. The van der Waals surface area contributed by atoms with E-state index < -0.39 is 10.0 Å². The molecule has 0 bridgehead atoms. The molecule has 0 unspecified atom stereocenters. The summed E-state index contributed by atoms with van der Waals surface area (Å²) in [7, 11) is -3.88. The molecule has 0 spiro atoms. The lowest BCUT2D eigenvalue weighted by molar-refractivity contribution is -0.116. The maximum Gasteiger partial charge on any atom is 0.264 e. The lowest BCUT2D eigenvalue weighted by Gasteiger charge is -2.19. The predicted molar refractivity (Wildman–Crippen MR) is 98.1 cm³/mol. The van der Waals surface area contributed by atoms with Gasteiger partial charge in [-0.15, -0.1) is 0 Å². The number of rotatable bonds is 3. The molecule has 2 aromatic rings. The Hall–Kier alpha value is -1.57. The molecule has 8 heteroatoms. The molecule has 0 aliphatic carbocycles. The van der Waals surface area contributed by atoms with E-state index in [1.807, 2.05) is 6.07 Å². The van der Waals surface area contributed by atoms with Crippen LogP contribution in [0.5, 0.6) is 0 Å². The molecule has 24 heavy (non-hydrogen) atoms. The maximum atomic E-state index is 12.9. The van der Waals surface area contributed by atoms with Gasteiger partial charge in [-0.2, -0.15) is 0 Å². The number of nitrogens with zero attached hydrogens (tertiary/aromatic N) is 1. The number of halogens is 2. The summed E-state index contributed by atoms with van der Waals surface area (Å²) in [6.45, 7) is 1.90. The number of carbonyl (C=O) groups excluding carboxylic acids is 1. The second-order valence-electron chi connectivity index (χ2n) is 5.45. The van der Waals surface area contributed by atoms with Gasteiger partial charge < -0.3 is 4.90 Å². The van der Waals surface area contributed by atoms with Crippen molar-refractivity contribution in [3.05, 3.63) is 51.5 Å². The Labute approximate surface area is 153 Å². The number of carbonyl (C=O) groups is 1. The third-order valence-corrected chi connectivity index (χ3v) is 5.83. The number of amides is 1. The molecule has 0 atom stereocenters. The maximum absolute atomic E-state index is 12.9. The summed E-state index contributed by atoms with van der Waals surface area (Å²) in [5.41, 5.74) is 1.63. The lowest BCUT2D eigenvalue weighted by atomic mass is 10.2. The van der Waals surface area contributed by atoms with E-state index in [9.17, 15) is 13.2 Å². The summed E-state index contributed by atoms with van der Waals surface area (Å²) in [6.07, 6.45) is 0.619. The van der Waals surface area contributed by atoms with Gasteiger partial charge in [-0.25, -0.2) is 8.42 Å². The number of hydrogen-bond donors (Lipinski definition) is 1. The van der Waals surface area contributed by atoms with Crippen LogP contribution in [0.15, 0.2) is 45.8 Å². The summed E-state index contributed by atoms with van der Waals surface area (Å²) >= 11 is 9.25. The molecule has 3 rings (SSSR count). The standard InChI is InChI=1S/C16H14BrClN2O3S/c1-10(21)20-6-5-11-7-12(17)8-15(16(11)20)24(22,23)19-14-4-2-3-13(18)9-14/h2-4,7-9,19H,5-6H2,1H3. The highest BCUT2D eigenvalue weighted by Gasteiger charge is 2.31. The monoisotopic (exact) mass is 428 g/mol. The Morgan fingerprint density at radius 3 is 2.71 bits per heavy atom. The Kier molecular flexibility index (Phi) is 4.59. The molecule has 1 amide bonds. The molecule has 1 N–H and O–H groups in total. The van der Waals surface area contributed by atoms with Gasteiger partial charge >= 0.3 is 0 Å². The van der Waals surface area contributed by atoms with Gasteiger partial charge in [0, 0.05) is 23.0 Å². The van der Waals surface area contributed by atoms with Gasteiger partial charge in [0.25, 0.3) is 10.0 Å². The molecule has 126 valence electrons. The van der Waals surface area contributed by atoms with Crippen LogP contribution in [-0.2, 0) is 21.2 Å². The SMILES string of the molecule is CC(=O)N1CCc2cc(Br)cc(S(=O)(=O)Nc3cccc(Cl)c3)c21. The van der Waals surface area contributed by atoms with Crippen LogP contribution in [0.2, 0.25) is 5.02 Å². The first-order valence-corrected chi connectivity index (χ1v) is 9.82. The van der Waals surface area contributed by atoms with E-state index in [0.717, 1.165) is 5.56 Å². The van der Waals surface area contributed by atoms with Crippen LogP contribution in [0.25, 0.3) is 0 Å². The van der Waals surface area contributed by atoms with E-state index >= 15 is 0 Å². The van der Waals surface area contributed by atoms with E-state index in [2.05, 4.69) is 20.7 Å². The van der Waals surface area contributed by atoms with Gasteiger partial charge in [-0.05, 0) is 42.3 Å². The molecule has 0 saturated carbocycles. The first kappa shape index (κ1) is 17.3. The molecule has 1 heterocycles. The highest BCUT2D eigenvalue weighted by atomic mass is 79.9. The fourth-order valence-electron chi connectivity index (χ4n) is 2.75. The molecule has 1 aliphatic heterocycles. The number of benzene rings is 2. The number of fused-ring (bicyclic) bond motifs is 1. The fourth-order valence-corrected chi connectivity index (χ4v) is 4.92. The Morgan fingerprint density at radius 1 is 1.29 bits per heavy atom. The van der Waals surface area contributed by atoms with Gasteiger partial charge in [0.15, 0.2) is 0 Å². The highest BCUT2D eigenvalue weighted by molar-refractivity contribution is 9.10. The third-order valence-electron chi connectivity index (χ3n) is 3.74. The second kappa shape index (κ2) is 6.38. The average molecular weight is 430 g/mol. The third kappa shape index (κ3) is 3.29. The molecule has 2 aromatic carbocycles. The predicted octanol–water partition coefficient (Wildman–Crippen LogP) is 3.81. The quantitative estimate of drug-likeness (QED) is 0.807. The zero-order valence-corrected chi connectivity index (χ0v) is 15.9. The van der Waals surface area contributed by atoms with E-state index in [0.29, 0.717) is 33.8 Å². The van der Waals surface area contributed by atoms with Crippen molar-refractivity contribution in [3.8, 4) is 0 Å². The van der Waals surface area contributed by atoms with Gasteiger partial charge in [-0.3, -0.25) is 9.52 Å². The van der Waals surface area contributed by atoms with Gasteiger partial charge in [0.2, 0.25) is 5.91 Å². The Bertz CT molecular complexity index is 931. The van der Waals surface area contributed by atoms with Crippen molar-refractivity contribution < 1.29 is 13.2 Å². The van der Waals surface area contributed by atoms with Crippen LogP contribution < -0.4 is 9.62 Å². The van der Waals surface area contributed by atoms with Gasteiger partial charge in [0.1, 0.15) is 4.90 Å². The normalized spacial score (nSPS) is 13.7. The molecular weight excluding hydrogens is 416 g/mol. The molecular formula is C16H14BrClN2O3S. The number of nitrogens with one attached hydrogen (secondary N) is 1. The van der Waals surface area contributed by atoms with E-state index in [1.54, 1.807) is 18.2 Å². The largest absolute Gasteiger partial charge is 0.311 e. The van der Waals surface area contributed by atoms with Crippen molar-refractivity contribution >= 4 is 54.8 Å². The number of sulfonamides is 1. The van der Waals surface area contributed by atoms with E-state index in [1.165, 1.54) is 24.0 Å². The van der Waals surface area contributed by atoms with Crippen LogP contribution in [0.3, 0.4) is 0 Å². The van der Waals surface area contributed by atoms with Crippen LogP contribution in [-0.4, -0.2) is 20.9 Å². The van der Waals surface area contributed by atoms with Crippen LogP contribution in [0.1, 0.15) is 12.5 Å². The molecule has 1 aliphatic rings. The average Bonchev–Trinajstić information content (AvgIpc) is 2.89. The highest BCUT2D eigenvalue weighted by Crippen LogP contribution is 2.38. The zero-order valence-electron chi connectivity index (χ0n) is 12.7. The summed E-state index contributed by atoms with van der Waals surface area (Å²) in [5, 5.41) is 0.431. The molecule has 5 nitrogen and oxygen atoms in total. The van der Waals surface area contributed by atoms with Crippen LogP contribution in [0, 0.1) is 0 Å². The lowest BCUT2D eigenvalue weighted by Crippen LogP contribution is -2.28. The van der Waals surface area contributed by atoms with Crippen molar-refractivity contribution in [1.29, 1.82) is 0 Å². The molecule has 0 radical (unpaired) electrons. The van der Waals surface area contributed by atoms with Gasteiger partial charge in [0.05, 0.1) is 11.4 Å². The van der Waals surface area contributed by atoms with Crippen molar-refractivity contribution in [1.82, 2.24) is 0 Å². The smallest absolute Gasteiger partial charge is 0.264 e. The first-order valence-electron chi connectivity index (χ1n) is 7.17. The topological polar surface area (TPSA) is 66.5 Å². The van der Waals surface area contributed by atoms with Crippen molar-refractivity contribution in [2.45, 2.75) is 18.2 Å². The number of hydrogen-bond acceptors (Lipinski definition) is 3. The summed E-state index contributed by atoms with van der Waals surface area (Å²) < 4.78 is 28.9. The summed E-state index contributed by atoms with van der Waals surface area (Å²) in [6, 6.07) is 9.81. The number of anilines is 2. The van der Waals surface area contributed by atoms with Crippen LogP contribution >= 0.6 is 27.5 Å². The minimum atomic E-state index is -3.88. The first-order chi connectivity index (χ1) is 11.3. The Morgan fingerprint density at radius 2 is 2.04 bits per heavy atom. The molecule has 0 saturated heterocycles. The summed E-state index contributed by atoms with van der Waals surface area (Å²) in [4.78, 5) is 13.4. The van der Waals surface area contributed by atoms with E-state index in [4.69, 9.17) is 11.6 Å². The minimum absolute atomic E-state index is 0.0690. The van der Waals surface area contributed by atoms with Crippen molar-refractivity contribution in [2.24, 2.45) is 0 Å². The van der Waals surface area contributed by atoms with E-state index in [-0.39, 0.29) is 10.8 Å². The van der Waals surface area contributed by atoms with Crippen LogP contribution in [0.4, 0.5) is 11.4 Å². The van der Waals surface area contributed by atoms with Crippen molar-refractivity contribution in [2.75, 3.05) is 16.2 Å².